The summed E-state index contributed by atoms with van der Waals surface area (Å²) in [5.74, 6) is -0.568. The Kier molecular flexibility index (Phi) is 9.06. The summed E-state index contributed by atoms with van der Waals surface area (Å²) in [5.41, 5.74) is 0. The van der Waals surface area contributed by atoms with Gasteiger partial charge in [-0.2, -0.15) is 0 Å². The lowest BCUT2D eigenvalue weighted by atomic mass is 10.3. The second-order valence-corrected chi connectivity index (χ2v) is 3.88. The molecule has 0 rings (SSSR count). The Bertz CT molecular complexity index is 129. The van der Waals surface area contributed by atoms with Crippen LogP contribution in [0.1, 0.15) is 47.0 Å². The molecular weight excluding hydrogens is 192 g/mol. The van der Waals surface area contributed by atoms with Gasteiger partial charge in [-0.1, -0.05) is 20.8 Å². The van der Waals surface area contributed by atoms with Gasteiger partial charge < -0.3 is 14.2 Å². The van der Waals surface area contributed by atoms with Crippen molar-refractivity contribution in [1.82, 2.24) is 0 Å². The molecule has 0 aromatic heterocycles. The maximum absolute atomic E-state index is 5.68. The number of rotatable bonds is 10. The zero-order chi connectivity index (χ0) is 11.6. The molecule has 0 heterocycles. The van der Waals surface area contributed by atoms with E-state index in [1.807, 2.05) is 6.92 Å². The van der Waals surface area contributed by atoms with Crippen LogP contribution in [0.15, 0.2) is 0 Å². The summed E-state index contributed by atoms with van der Waals surface area (Å²) in [6.45, 7) is 10.9. The minimum absolute atomic E-state index is 0.515. The lowest BCUT2D eigenvalue weighted by molar-refractivity contribution is -0.250. The van der Waals surface area contributed by atoms with E-state index >= 15 is 0 Å². The molecule has 0 saturated heterocycles. The third-order valence-corrected chi connectivity index (χ3v) is 1.94. The highest BCUT2D eigenvalue weighted by Gasteiger charge is 2.25. The summed E-state index contributed by atoms with van der Waals surface area (Å²) >= 11 is 0. The van der Waals surface area contributed by atoms with Gasteiger partial charge in [-0.3, -0.25) is 0 Å². The molecular formula is C12H26O3. The first kappa shape index (κ1) is 14.9. The molecule has 0 amide bonds. The molecule has 0 saturated carbocycles. The number of hydrogen-bond donors (Lipinski definition) is 0. The quantitative estimate of drug-likeness (QED) is 0.417. The molecule has 0 bridgehead atoms. The second-order valence-electron chi connectivity index (χ2n) is 3.88. The van der Waals surface area contributed by atoms with Crippen LogP contribution < -0.4 is 0 Å². The van der Waals surface area contributed by atoms with E-state index in [1.165, 1.54) is 0 Å². The highest BCUT2D eigenvalue weighted by atomic mass is 16.7. The van der Waals surface area contributed by atoms with E-state index in [0.717, 1.165) is 39.1 Å². The first-order valence-electron chi connectivity index (χ1n) is 6.04. The maximum atomic E-state index is 5.68. The van der Waals surface area contributed by atoms with Gasteiger partial charge in [0.1, 0.15) is 6.61 Å². The molecule has 0 N–H and O–H groups in total. The summed E-state index contributed by atoms with van der Waals surface area (Å²) in [5, 5.41) is 0. The molecule has 92 valence electrons. The minimum atomic E-state index is -0.568. The minimum Gasteiger partial charge on any atom is -0.376 e. The van der Waals surface area contributed by atoms with Crippen molar-refractivity contribution in [2.24, 2.45) is 0 Å². The highest BCUT2D eigenvalue weighted by molar-refractivity contribution is 4.62. The van der Waals surface area contributed by atoms with Gasteiger partial charge in [-0.05, 0) is 26.2 Å². The monoisotopic (exact) mass is 218 g/mol. The van der Waals surface area contributed by atoms with E-state index in [0.29, 0.717) is 6.61 Å². The Labute approximate surface area is 94.1 Å². The van der Waals surface area contributed by atoms with Crippen molar-refractivity contribution in [2.45, 2.75) is 52.7 Å². The molecule has 0 aliphatic carbocycles. The predicted molar refractivity (Wildman–Crippen MR) is 62.0 cm³/mol. The van der Waals surface area contributed by atoms with Crippen LogP contribution in [0.5, 0.6) is 0 Å². The average Bonchev–Trinajstić information content (AvgIpc) is 2.24. The van der Waals surface area contributed by atoms with Gasteiger partial charge in [-0.15, -0.1) is 0 Å². The van der Waals surface area contributed by atoms with Crippen molar-refractivity contribution < 1.29 is 14.2 Å². The summed E-state index contributed by atoms with van der Waals surface area (Å²) < 4.78 is 16.9. The Hall–Kier alpha value is -0.120. The molecule has 0 unspecified atom stereocenters. The molecule has 0 spiro atoms. The fourth-order valence-electron chi connectivity index (χ4n) is 1.16. The Morgan fingerprint density at radius 2 is 1.27 bits per heavy atom. The van der Waals surface area contributed by atoms with Gasteiger partial charge >= 0.3 is 0 Å². The largest absolute Gasteiger partial charge is 0.376 e. The van der Waals surface area contributed by atoms with Crippen molar-refractivity contribution in [3.8, 4) is 0 Å². The third kappa shape index (κ3) is 7.77. The molecule has 0 atom stereocenters. The van der Waals surface area contributed by atoms with Crippen LogP contribution >= 0.6 is 0 Å². The maximum Gasteiger partial charge on any atom is 0.188 e. The van der Waals surface area contributed by atoms with Crippen LogP contribution in [0.3, 0.4) is 0 Å². The van der Waals surface area contributed by atoms with E-state index in [4.69, 9.17) is 14.2 Å². The zero-order valence-corrected chi connectivity index (χ0v) is 10.7. The fourth-order valence-corrected chi connectivity index (χ4v) is 1.16. The van der Waals surface area contributed by atoms with Gasteiger partial charge in [-0.25, -0.2) is 0 Å². The Balaban J connectivity index is 3.89. The molecule has 0 fully saturated rings. The Morgan fingerprint density at radius 1 is 0.800 bits per heavy atom. The summed E-state index contributed by atoms with van der Waals surface area (Å²) in [6, 6.07) is 0. The zero-order valence-electron chi connectivity index (χ0n) is 10.7. The second kappa shape index (κ2) is 9.13. The van der Waals surface area contributed by atoms with Crippen LogP contribution in [0, 0.1) is 0 Å². The van der Waals surface area contributed by atoms with Crippen LogP contribution in [0.4, 0.5) is 0 Å². The van der Waals surface area contributed by atoms with Gasteiger partial charge in [0.15, 0.2) is 5.79 Å². The number of ether oxygens (including phenoxy) is 3. The van der Waals surface area contributed by atoms with Crippen LogP contribution in [0.2, 0.25) is 0 Å². The smallest absolute Gasteiger partial charge is 0.188 e. The number of hydrogen-bond acceptors (Lipinski definition) is 3. The van der Waals surface area contributed by atoms with Crippen molar-refractivity contribution in [2.75, 3.05) is 26.4 Å². The van der Waals surface area contributed by atoms with E-state index in [1.54, 1.807) is 0 Å². The van der Waals surface area contributed by atoms with Crippen LogP contribution in [0.25, 0.3) is 0 Å². The van der Waals surface area contributed by atoms with Gasteiger partial charge in [0, 0.05) is 19.8 Å². The summed E-state index contributed by atoms with van der Waals surface area (Å²) in [4.78, 5) is 0. The lowest BCUT2D eigenvalue weighted by Gasteiger charge is -2.29. The Morgan fingerprint density at radius 3 is 1.67 bits per heavy atom. The first-order chi connectivity index (χ1) is 7.18. The van der Waals surface area contributed by atoms with Gasteiger partial charge in [0.2, 0.25) is 0 Å². The molecule has 0 aliphatic rings. The molecule has 3 heteroatoms. The van der Waals surface area contributed by atoms with E-state index in [-0.39, 0.29) is 0 Å². The molecule has 0 radical (unpaired) electrons. The van der Waals surface area contributed by atoms with Crippen molar-refractivity contribution in [3.05, 3.63) is 0 Å². The predicted octanol–water partition coefficient (Wildman–Crippen LogP) is 2.98. The average molecular weight is 218 g/mol. The van der Waals surface area contributed by atoms with Gasteiger partial charge in [0.05, 0.1) is 0 Å². The van der Waals surface area contributed by atoms with E-state index < -0.39 is 5.79 Å². The standard InChI is InChI=1S/C12H26O3/c1-5-8-13-11-12(4,14-9-6-2)15-10-7-3/h5-11H2,1-4H3. The normalized spacial score (nSPS) is 12.0. The molecule has 3 nitrogen and oxygen atoms in total. The molecule has 15 heavy (non-hydrogen) atoms. The molecule has 0 aromatic carbocycles. The van der Waals surface area contributed by atoms with Crippen LogP contribution in [-0.4, -0.2) is 32.2 Å². The summed E-state index contributed by atoms with van der Waals surface area (Å²) in [7, 11) is 0. The van der Waals surface area contributed by atoms with Crippen molar-refractivity contribution in [1.29, 1.82) is 0 Å². The SMILES string of the molecule is CCCOCC(C)(OCCC)OCCC. The fraction of sp³-hybridized carbons (Fsp3) is 1.00. The molecule has 0 aromatic rings. The first-order valence-corrected chi connectivity index (χ1v) is 6.04. The van der Waals surface area contributed by atoms with Gasteiger partial charge in [0.25, 0.3) is 0 Å². The van der Waals surface area contributed by atoms with Crippen molar-refractivity contribution in [3.63, 3.8) is 0 Å². The third-order valence-electron chi connectivity index (χ3n) is 1.94. The van der Waals surface area contributed by atoms with E-state index in [2.05, 4.69) is 20.8 Å². The molecule has 0 aliphatic heterocycles. The van der Waals surface area contributed by atoms with Crippen LogP contribution in [-0.2, 0) is 14.2 Å². The highest BCUT2D eigenvalue weighted by Crippen LogP contribution is 2.14. The lowest BCUT2D eigenvalue weighted by Crippen LogP contribution is -2.38. The van der Waals surface area contributed by atoms with Crippen molar-refractivity contribution >= 4 is 0 Å². The topological polar surface area (TPSA) is 27.7 Å². The summed E-state index contributed by atoms with van der Waals surface area (Å²) in [6.07, 6.45) is 3.02. The van der Waals surface area contributed by atoms with E-state index in [9.17, 15) is 0 Å².